The maximum absolute atomic E-state index is 12.1. The van der Waals surface area contributed by atoms with Crippen LogP contribution in [0.2, 0.25) is 0 Å². The molecule has 0 spiro atoms. The number of hydrogen-bond donors (Lipinski definition) is 1. The van der Waals surface area contributed by atoms with Gasteiger partial charge in [0.05, 0.1) is 4.90 Å². The molecule has 114 valence electrons. The number of anilines is 1. The second kappa shape index (κ2) is 6.29. The lowest BCUT2D eigenvalue weighted by atomic mass is 10.2. The van der Waals surface area contributed by atoms with E-state index in [0.717, 1.165) is 5.56 Å². The molecular formula is C15H12ClNO4S. The number of benzene rings is 2. The van der Waals surface area contributed by atoms with E-state index in [-0.39, 0.29) is 16.1 Å². The summed E-state index contributed by atoms with van der Waals surface area (Å²) >= 11 is 5.30. The summed E-state index contributed by atoms with van der Waals surface area (Å²) in [5, 5.41) is 0.508. The van der Waals surface area contributed by atoms with Crippen molar-refractivity contribution in [3.63, 3.8) is 0 Å². The van der Waals surface area contributed by atoms with Crippen LogP contribution in [0.4, 0.5) is 10.5 Å². The molecule has 0 unspecified atom stereocenters. The molecule has 2 aromatic rings. The third-order valence-corrected chi connectivity index (χ3v) is 4.63. The minimum Gasteiger partial charge on any atom is -0.312 e. The van der Waals surface area contributed by atoms with E-state index in [1.165, 1.54) is 36.4 Å². The second-order valence-electron chi connectivity index (χ2n) is 4.58. The summed E-state index contributed by atoms with van der Waals surface area (Å²) in [6.45, 7) is 1.82. The van der Waals surface area contributed by atoms with Crippen molar-refractivity contribution in [1.29, 1.82) is 0 Å². The Hall–Kier alpha value is -2.18. The molecule has 7 heteroatoms. The average molecular weight is 338 g/mol. The summed E-state index contributed by atoms with van der Waals surface area (Å²) in [5.41, 5.74) is 1.39. The van der Waals surface area contributed by atoms with Gasteiger partial charge in [0, 0.05) is 11.3 Å². The molecule has 0 atom stereocenters. The Balaban J connectivity index is 2.20. The van der Waals surface area contributed by atoms with Crippen LogP contribution in [-0.4, -0.2) is 18.9 Å². The van der Waals surface area contributed by atoms with E-state index in [1.54, 1.807) is 12.1 Å². The molecule has 1 amide bonds. The van der Waals surface area contributed by atoms with Crippen molar-refractivity contribution < 1.29 is 18.0 Å². The molecule has 2 rings (SSSR count). The Kier molecular flexibility index (Phi) is 4.63. The predicted octanol–water partition coefficient (Wildman–Crippen LogP) is 3.38. The molecular weight excluding hydrogens is 326 g/mol. The lowest BCUT2D eigenvalue weighted by Crippen LogP contribution is -2.21. The van der Waals surface area contributed by atoms with Crippen molar-refractivity contribution in [2.75, 3.05) is 5.32 Å². The summed E-state index contributed by atoms with van der Waals surface area (Å²) in [5.74, 6) is 0. The van der Waals surface area contributed by atoms with E-state index in [0.29, 0.717) is 0 Å². The number of carbonyl (C=O) groups is 2. The van der Waals surface area contributed by atoms with E-state index in [4.69, 9.17) is 11.6 Å². The van der Waals surface area contributed by atoms with Crippen LogP contribution < -0.4 is 5.32 Å². The fourth-order valence-corrected chi connectivity index (χ4v) is 2.78. The molecule has 22 heavy (non-hydrogen) atoms. The van der Waals surface area contributed by atoms with Gasteiger partial charge in [0.15, 0.2) is 0 Å². The van der Waals surface area contributed by atoms with Gasteiger partial charge in [-0.1, -0.05) is 17.7 Å². The number of amides is 1. The molecule has 0 aromatic heterocycles. The number of hydrogen-bond acceptors (Lipinski definition) is 4. The molecule has 0 aliphatic carbocycles. The molecule has 0 saturated carbocycles. The van der Waals surface area contributed by atoms with Gasteiger partial charge in [-0.2, -0.15) is 0 Å². The number of rotatable bonds is 3. The lowest BCUT2D eigenvalue weighted by Gasteiger charge is -2.07. The SMILES string of the molecule is Cc1ccc(S(=O)(=O)C(=O)Nc2ccc(C(=O)Cl)cc2)cc1. The van der Waals surface area contributed by atoms with Crippen LogP contribution in [0.25, 0.3) is 0 Å². The van der Waals surface area contributed by atoms with Gasteiger partial charge in [0.1, 0.15) is 0 Å². The standard InChI is InChI=1S/C15H12ClNO4S/c1-10-2-8-13(9-3-10)22(20,21)15(19)17-12-6-4-11(5-7-12)14(16)18/h2-9H,1H3,(H,17,19). The molecule has 0 radical (unpaired) electrons. The van der Waals surface area contributed by atoms with Crippen molar-refractivity contribution in [2.24, 2.45) is 0 Å². The zero-order chi connectivity index (χ0) is 16.3. The Labute approximate surface area is 132 Å². The lowest BCUT2D eigenvalue weighted by molar-refractivity contribution is 0.108. The van der Waals surface area contributed by atoms with E-state index in [1.807, 2.05) is 6.92 Å². The van der Waals surface area contributed by atoms with Crippen LogP contribution >= 0.6 is 11.6 Å². The number of nitrogens with one attached hydrogen (secondary N) is 1. The molecule has 0 heterocycles. The highest BCUT2D eigenvalue weighted by Gasteiger charge is 2.24. The Bertz CT molecular complexity index is 812. The molecule has 0 aliphatic rings. The van der Waals surface area contributed by atoms with Gasteiger partial charge >= 0.3 is 5.24 Å². The van der Waals surface area contributed by atoms with Gasteiger partial charge in [0.2, 0.25) is 0 Å². The first-order chi connectivity index (χ1) is 10.3. The number of carbonyl (C=O) groups excluding carboxylic acids is 2. The van der Waals surface area contributed by atoms with Gasteiger partial charge in [-0.3, -0.25) is 9.59 Å². The maximum atomic E-state index is 12.1. The quantitative estimate of drug-likeness (QED) is 0.871. The van der Waals surface area contributed by atoms with Crippen molar-refractivity contribution in [2.45, 2.75) is 11.8 Å². The van der Waals surface area contributed by atoms with Gasteiger partial charge in [-0.05, 0) is 54.9 Å². The van der Waals surface area contributed by atoms with E-state index < -0.39 is 20.3 Å². The molecule has 2 aromatic carbocycles. The highest BCUT2D eigenvalue weighted by molar-refractivity contribution is 8.06. The molecule has 1 N–H and O–H groups in total. The maximum Gasteiger partial charge on any atom is 0.345 e. The summed E-state index contributed by atoms with van der Waals surface area (Å²) in [6, 6.07) is 11.6. The predicted molar refractivity (Wildman–Crippen MR) is 84.0 cm³/mol. The number of sulfone groups is 1. The van der Waals surface area contributed by atoms with Crippen LogP contribution in [0.3, 0.4) is 0 Å². The summed E-state index contributed by atoms with van der Waals surface area (Å²) in [6.07, 6.45) is 0. The third-order valence-electron chi connectivity index (χ3n) is 2.93. The van der Waals surface area contributed by atoms with Crippen LogP contribution in [0.1, 0.15) is 15.9 Å². The zero-order valence-corrected chi connectivity index (χ0v) is 13.1. The average Bonchev–Trinajstić information content (AvgIpc) is 2.48. The minimum atomic E-state index is -4.12. The van der Waals surface area contributed by atoms with Crippen LogP contribution in [0.5, 0.6) is 0 Å². The smallest absolute Gasteiger partial charge is 0.312 e. The zero-order valence-electron chi connectivity index (χ0n) is 11.5. The first kappa shape index (κ1) is 16.2. The third kappa shape index (κ3) is 3.52. The van der Waals surface area contributed by atoms with E-state index in [9.17, 15) is 18.0 Å². The Morgan fingerprint density at radius 2 is 1.50 bits per heavy atom. The highest BCUT2D eigenvalue weighted by Crippen LogP contribution is 2.17. The first-order valence-electron chi connectivity index (χ1n) is 6.23. The molecule has 0 fully saturated rings. The molecule has 5 nitrogen and oxygen atoms in total. The largest absolute Gasteiger partial charge is 0.345 e. The van der Waals surface area contributed by atoms with Crippen LogP contribution in [0, 0.1) is 6.92 Å². The number of halogens is 1. The molecule has 0 saturated heterocycles. The Morgan fingerprint density at radius 1 is 0.955 bits per heavy atom. The van der Waals surface area contributed by atoms with E-state index in [2.05, 4.69) is 5.32 Å². The molecule has 0 aliphatic heterocycles. The highest BCUT2D eigenvalue weighted by atomic mass is 35.5. The summed E-state index contributed by atoms with van der Waals surface area (Å²) in [4.78, 5) is 22.8. The van der Waals surface area contributed by atoms with Crippen molar-refractivity contribution in [3.8, 4) is 0 Å². The van der Waals surface area contributed by atoms with E-state index >= 15 is 0 Å². The van der Waals surface area contributed by atoms with Crippen molar-refractivity contribution in [1.82, 2.24) is 0 Å². The van der Waals surface area contributed by atoms with Gasteiger partial charge in [-0.15, -0.1) is 0 Å². The minimum absolute atomic E-state index is 0.0804. The fourth-order valence-electron chi connectivity index (χ4n) is 1.69. The fraction of sp³-hybridized carbons (Fsp3) is 0.0667. The van der Waals surface area contributed by atoms with Crippen molar-refractivity contribution >= 4 is 37.6 Å². The summed E-state index contributed by atoms with van der Waals surface area (Å²) in [7, 11) is -4.12. The monoisotopic (exact) mass is 337 g/mol. The molecule has 0 bridgehead atoms. The second-order valence-corrected chi connectivity index (χ2v) is 6.77. The first-order valence-corrected chi connectivity index (χ1v) is 8.09. The topological polar surface area (TPSA) is 80.3 Å². The van der Waals surface area contributed by atoms with Gasteiger partial charge in [-0.25, -0.2) is 8.42 Å². The number of aryl methyl sites for hydroxylation is 1. The van der Waals surface area contributed by atoms with Crippen LogP contribution in [0.15, 0.2) is 53.4 Å². The van der Waals surface area contributed by atoms with Gasteiger partial charge in [0.25, 0.3) is 15.1 Å². The van der Waals surface area contributed by atoms with Gasteiger partial charge < -0.3 is 5.32 Å². The van der Waals surface area contributed by atoms with Crippen LogP contribution in [-0.2, 0) is 9.84 Å². The summed E-state index contributed by atoms with van der Waals surface area (Å²) < 4.78 is 24.3. The normalized spacial score (nSPS) is 11.0. The van der Waals surface area contributed by atoms with Crippen molar-refractivity contribution in [3.05, 3.63) is 59.7 Å². The Morgan fingerprint density at radius 3 is 2.00 bits per heavy atom.